The number of anilines is 2. The molecule has 0 fully saturated rings. The zero-order chi connectivity index (χ0) is 13.4. The zero-order valence-electron chi connectivity index (χ0n) is 11.9. The molecule has 0 aromatic carbocycles. The van der Waals surface area contributed by atoms with Crippen molar-refractivity contribution in [1.29, 1.82) is 0 Å². The Morgan fingerprint density at radius 1 is 1.28 bits per heavy atom. The molecule has 1 aromatic heterocycles. The van der Waals surface area contributed by atoms with Crippen molar-refractivity contribution in [1.82, 2.24) is 9.97 Å². The first-order valence-electron chi connectivity index (χ1n) is 6.58. The lowest BCUT2D eigenvalue weighted by Crippen LogP contribution is -2.21. The molecule has 0 atom stereocenters. The largest absolute Gasteiger partial charge is 0.490 e. The number of aromatic nitrogens is 2. The fourth-order valence-electron chi connectivity index (χ4n) is 1.82. The van der Waals surface area contributed by atoms with Crippen LogP contribution < -0.4 is 15.0 Å². The van der Waals surface area contributed by atoms with E-state index in [1.165, 1.54) is 12.8 Å². The van der Waals surface area contributed by atoms with Crippen molar-refractivity contribution in [3.63, 3.8) is 0 Å². The van der Waals surface area contributed by atoms with E-state index in [0.717, 1.165) is 36.9 Å². The molecule has 1 rings (SSSR count). The monoisotopic (exact) mass is 252 g/mol. The van der Waals surface area contributed by atoms with Gasteiger partial charge < -0.3 is 15.0 Å². The average molecular weight is 252 g/mol. The van der Waals surface area contributed by atoms with Crippen LogP contribution in [0.15, 0.2) is 6.33 Å². The number of ether oxygens (including phenoxy) is 1. The summed E-state index contributed by atoms with van der Waals surface area (Å²) in [4.78, 5) is 10.6. The summed E-state index contributed by atoms with van der Waals surface area (Å²) >= 11 is 0. The molecule has 0 saturated carbocycles. The summed E-state index contributed by atoms with van der Waals surface area (Å²) in [7, 11) is 3.69. The van der Waals surface area contributed by atoms with Crippen LogP contribution in [0.1, 0.15) is 33.1 Å². The van der Waals surface area contributed by atoms with Gasteiger partial charge in [0, 0.05) is 20.1 Å². The summed E-state index contributed by atoms with van der Waals surface area (Å²) in [5.74, 6) is 2.32. The maximum atomic E-state index is 5.43. The van der Waals surface area contributed by atoms with Crippen molar-refractivity contribution in [2.75, 3.05) is 37.5 Å². The van der Waals surface area contributed by atoms with Crippen LogP contribution in [0, 0.1) is 0 Å². The molecule has 0 amide bonds. The fourth-order valence-corrected chi connectivity index (χ4v) is 1.82. The Morgan fingerprint density at radius 3 is 2.67 bits per heavy atom. The Morgan fingerprint density at radius 2 is 2.06 bits per heavy atom. The molecule has 102 valence electrons. The van der Waals surface area contributed by atoms with E-state index in [2.05, 4.69) is 27.1 Å². The van der Waals surface area contributed by atoms with Gasteiger partial charge in [-0.05, 0) is 13.3 Å². The van der Waals surface area contributed by atoms with Gasteiger partial charge in [0.05, 0.1) is 7.11 Å². The van der Waals surface area contributed by atoms with Crippen molar-refractivity contribution in [3.8, 4) is 5.75 Å². The molecular formula is C13H24N4O. The summed E-state index contributed by atoms with van der Waals surface area (Å²) in [5.41, 5.74) is 0. The van der Waals surface area contributed by atoms with Crippen LogP contribution in [0.3, 0.4) is 0 Å². The van der Waals surface area contributed by atoms with E-state index in [0.29, 0.717) is 0 Å². The third-order valence-electron chi connectivity index (χ3n) is 2.79. The van der Waals surface area contributed by atoms with E-state index >= 15 is 0 Å². The third-order valence-corrected chi connectivity index (χ3v) is 2.79. The topological polar surface area (TPSA) is 50.3 Å². The summed E-state index contributed by atoms with van der Waals surface area (Å²) in [5, 5.41) is 3.19. The van der Waals surface area contributed by atoms with Gasteiger partial charge in [0.25, 0.3) is 0 Å². The Hall–Kier alpha value is -1.52. The van der Waals surface area contributed by atoms with Gasteiger partial charge in [-0.25, -0.2) is 9.97 Å². The second-order valence-electron chi connectivity index (χ2n) is 4.24. The lowest BCUT2D eigenvalue weighted by atomic mass is 10.2. The highest BCUT2D eigenvalue weighted by molar-refractivity contribution is 5.64. The molecule has 1 aromatic rings. The van der Waals surface area contributed by atoms with Gasteiger partial charge in [0.2, 0.25) is 5.75 Å². The van der Waals surface area contributed by atoms with Crippen LogP contribution in [0.2, 0.25) is 0 Å². The van der Waals surface area contributed by atoms with Crippen LogP contribution in [-0.4, -0.2) is 37.2 Å². The minimum Gasteiger partial charge on any atom is -0.490 e. The molecule has 0 aliphatic carbocycles. The number of rotatable bonds is 8. The molecule has 0 radical (unpaired) electrons. The van der Waals surface area contributed by atoms with E-state index in [1.54, 1.807) is 13.4 Å². The highest BCUT2D eigenvalue weighted by atomic mass is 16.5. The summed E-state index contributed by atoms with van der Waals surface area (Å²) in [6.07, 6.45) is 5.19. The van der Waals surface area contributed by atoms with Crippen LogP contribution in [0.5, 0.6) is 5.75 Å². The second-order valence-corrected chi connectivity index (χ2v) is 4.24. The molecule has 18 heavy (non-hydrogen) atoms. The number of nitrogens with one attached hydrogen (secondary N) is 1. The van der Waals surface area contributed by atoms with Crippen molar-refractivity contribution in [3.05, 3.63) is 6.33 Å². The lowest BCUT2D eigenvalue weighted by Gasteiger charge is -2.21. The minimum atomic E-state index is 0.721. The summed E-state index contributed by atoms with van der Waals surface area (Å²) in [6, 6.07) is 0. The lowest BCUT2D eigenvalue weighted by molar-refractivity contribution is 0.412. The molecule has 1 N–H and O–H groups in total. The summed E-state index contributed by atoms with van der Waals surface area (Å²) < 4.78 is 5.43. The molecule has 0 aliphatic heterocycles. The quantitative estimate of drug-likeness (QED) is 0.721. The van der Waals surface area contributed by atoms with Crippen molar-refractivity contribution in [2.45, 2.75) is 33.1 Å². The normalized spacial score (nSPS) is 10.2. The SMILES string of the molecule is CCCCCN(C)c1ncnc(NCC)c1OC. The van der Waals surface area contributed by atoms with Gasteiger partial charge in [-0.2, -0.15) is 0 Å². The van der Waals surface area contributed by atoms with Crippen LogP contribution in [-0.2, 0) is 0 Å². The molecule has 0 spiro atoms. The Bertz CT molecular complexity index is 357. The third kappa shape index (κ3) is 3.75. The van der Waals surface area contributed by atoms with Crippen molar-refractivity contribution < 1.29 is 4.74 Å². The van der Waals surface area contributed by atoms with Crippen LogP contribution in [0.4, 0.5) is 11.6 Å². The molecule has 1 heterocycles. The number of hydrogen-bond acceptors (Lipinski definition) is 5. The highest BCUT2D eigenvalue weighted by Crippen LogP contribution is 2.31. The molecule has 0 bridgehead atoms. The van der Waals surface area contributed by atoms with Crippen LogP contribution >= 0.6 is 0 Å². The fraction of sp³-hybridized carbons (Fsp3) is 0.692. The first kappa shape index (κ1) is 14.5. The number of nitrogens with zero attached hydrogens (tertiary/aromatic N) is 3. The van der Waals surface area contributed by atoms with Gasteiger partial charge in [0.1, 0.15) is 6.33 Å². The molecule has 5 heteroatoms. The molecule has 0 unspecified atom stereocenters. The Balaban J connectivity index is 2.82. The smallest absolute Gasteiger partial charge is 0.204 e. The van der Waals surface area contributed by atoms with Gasteiger partial charge in [-0.1, -0.05) is 19.8 Å². The zero-order valence-corrected chi connectivity index (χ0v) is 11.9. The molecule has 5 nitrogen and oxygen atoms in total. The minimum absolute atomic E-state index is 0.721. The predicted octanol–water partition coefficient (Wildman–Crippen LogP) is 2.54. The predicted molar refractivity (Wildman–Crippen MR) is 75.5 cm³/mol. The van der Waals surface area contributed by atoms with E-state index in [1.807, 2.05) is 14.0 Å². The van der Waals surface area contributed by atoms with Gasteiger partial charge in [-0.3, -0.25) is 0 Å². The highest BCUT2D eigenvalue weighted by Gasteiger charge is 2.14. The Labute approximate surface area is 110 Å². The van der Waals surface area contributed by atoms with Crippen molar-refractivity contribution in [2.24, 2.45) is 0 Å². The van der Waals surface area contributed by atoms with E-state index < -0.39 is 0 Å². The van der Waals surface area contributed by atoms with E-state index in [-0.39, 0.29) is 0 Å². The number of unbranched alkanes of at least 4 members (excludes halogenated alkanes) is 2. The van der Waals surface area contributed by atoms with E-state index in [9.17, 15) is 0 Å². The number of methoxy groups -OCH3 is 1. The first-order valence-corrected chi connectivity index (χ1v) is 6.58. The van der Waals surface area contributed by atoms with Gasteiger partial charge >= 0.3 is 0 Å². The second kappa shape index (κ2) is 7.74. The maximum Gasteiger partial charge on any atom is 0.204 e. The van der Waals surface area contributed by atoms with Crippen LogP contribution in [0.25, 0.3) is 0 Å². The standard InChI is InChI=1S/C13H24N4O/c1-5-7-8-9-17(3)13-11(18-4)12(14-6-2)15-10-16-13/h10H,5-9H2,1-4H3,(H,14,15,16). The maximum absolute atomic E-state index is 5.43. The summed E-state index contributed by atoms with van der Waals surface area (Å²) in [6.45, 7) is 6.03. The average Bonchev–Trinajstić information content (AvgIpc) is 2.39. The van der Waals surface area contributed by atoms with Gasteiger partial charge in [0.15, 0.2) is 11.6 Å². The van der Waals surface area contributed by atoms with Crippen molar-refractivity contribution >= 4 is 11.6 Å². The molecule has 0 aliphatic rings. The van der Waals surface area contributed by atoms with Gasteiger partial charge in [-0.15, -0.1) is 0 Å². The number of hydrogen-bond donors (Lipinski definition) is 1. The Kier molecular flexibility index (Phi) is 6.25. The first-order chi connectivity index (χ1) is 8.74. The van der Waals surface area contributed by atoms with E-state index in [4.69, 9.17) is 4.74 Å². The molecule has 0 saturated heterocycles. The molecular weight excluding hydrogens is 228 g/mol.